The standard InChI is InChI=1S/C29H24N2O4/c1-2-10-22-12-7-9-16-26(22)34-20-28(32)31-30-19-25-24-15-8-6-11-21(24)17-18-27(25)35-29(33)23-13-4-3-5-14-23/h2-9,11-19H,1,10,20H2,(H,31,32)/b30-19+. The minimum absolute atomic E-state index is 0.198. The van der Waals surface area contributed by atoms with Crippen LogP contribution in [0.25, 0.3) is 10.8 Å². The van der Waals surface area contributed by atoms with Crippen LogP contribution in [-0.2, 0) is 11.2 Å². The number of esters is 1. The van der Waals surface area contributed by atoms with Gasteiger partial charge in [-0.15, -0.1) is 6.58 Å². The van der Waals surface area contributed by atoms with E-state index in [1.54, 1.807) is 42.5 Å². The van der Waals surface area contributed by atoms with Crippen LogP contribution >= 0.6 is 0 Å². The highest BCUT2D eigenvalue weighted by Gasteiger charge is 2.13. The summed E-state index contributed by atoms with van der Waals surface area (Å²) in [5, 5.41) is 5.87. The third-order valence-electron chi connectivity index (χ3n) is 5.22. The van der Waals surface area contributed by atoms with E-state index < -0.39 is 11.9 Å². The van der Waals surface area contributed by atoms with Crippen molar-refractivity contribution in [3.8, 4) is 11.5 Å². The van der Waals surface area contributed by atoms with E-state index in [0.717, 1.165) is 16.3 Å². The minimum Gasteiger partial charge on any atom is -0.483 e. The number of hydrogen-bond donors (Lipinski definition) is 1. The number of carbonyl (C=O) groups excluding carboxylic acids is 2. The summed E-state index contributed by atoms with van der Waals surface area (Å²) in [5.41, 5.74) is 4.43. The molecule has 1 N–H and O–H groups in total. The first-order valence-electron chi connectivity index (χ1n) is 11.1. The number of hydrogen-bond acceptors (Lipinski definition) is 5. The maximum Gasteiger partial charge on any atom is 0.343 e. The zero-order valence-electron chi connectivity index (χ0n) is 19.0. The van der Waals surface area contributed by atoms with Crippen molar-refractivity contribution in [2.75, 3.05) is 6.61 Å². The number of allylic oxidation sites excluding steroid dienone is 1. The molecule has 0 fully saturated rings. The Bertz CT molecular complexity index is 1380. The second kappa shape index (κ2) is 11.4. The van der Waals surface area contributed by atoms with Gasteiger partial charge >= 0.3 is 5.97 Å². The van der Waals surface area contributed by atoms with Gasteiger partial charge in [0, 0.05) is 5.56 Å². The SMILES string of the molecule is C=CCc1ccccc1OCC(=O)N/N=C/c1c(OC(=O)c2ccccc2)ccc2ccccc12. The van der Waals surface area contributed by atoms with Gasteiger partial charge in [-0.25, -0.2) is 10.2 Å². The Morgan fingerprint density at radius 1 is 0.857 bits per heavy atom. The maximum absolute atomic E-state index is 12.6. The Balaban J connectivity index is 1.49. The fourth-order valence-electron chi connectivity index (χ4n) is 3.54. The zero-order chi connectivity index (χ0) is 24.5. The van der Waals surface area contributed by atoms with E-state index in [-0.39, 0.29) is 6.61 Å². The lowest BCUT2D eigenvalue weighted by Crippen LogP contribution is -2.25. The monoisotopic (exact) mass is 464 g/mol. The summed E-state index contributed by atoms with van der Waals surface area (Å²) in [7, 11) is 0. The second-order valence-electron chi connectivity index (χ2n) is 7.64. The van der Waals surface area contributed by atoms with Gasteiger partial charge < -0.3 is 9.47 Å². The number of nitrogens with zero attached hydrogens (tertiary/aromatic N) is 1. The molecule has 0 aliphatic rings. The van der Waals surface area contributed by atoms with E-state index in [9.17, 15) is 9.59 Å². The van der Waals surface area contributed by atoms with Gasteiger partial charge in [0.25, 0.3) is 5.91 Å². The normalized spacial score (nSPS) is 10.7. The highest BCUT2D eigenvalue weighted by molar-refractivity contribution is 6.04. The number of ether oxygens (including phenoxy) is 2. The van der Waals surface area contributed by atoms with Gasteiger partial charge in [-0.05, 0) is 47.0 Å². The van der Waals surface area contributed by atoms with E-state index in [1.165, 1.54) is 6.21 Å². The molecule has 4 rings (SSSR count). The third-order valence-corrected chi connectivity index (χ3v) is 5.22. The first kappa shape index (κ1) is 23.4. The summed E-state index contributed by atoms with van der Waals surface area (Å²) >= 11 is 0. The number of rotatable bonds is 9. The van der Waals surface area contributed by atoms with Crippen LogP contribution in [0.2, 0.25) is 0 Å². The largest absolute Gasteiger partial charge is 0.483 e. The van der Waals surface area contributed by atoms with Crippen molar-refractivity contribution < 1.29 is 19.1 Å². The fourth-order valence-corrected chi connectivity index (χ4v) is 3.54. The molecular formula is C29H24N2O4. The number of amides is 1. The third kappa shape index (κ3) is 6.00. The molecule has 35 heavy (non-hydrogen) atoms. The van der Waals surface area contributed by atoms with E-state index in [1.807, 2.05) is 54.6 Å². The molecule has 0 unspecified atom stereocenters. The first-order chi connectivity index (χ1) is 17.2. The lowest BCUT2D eigenvalue weighted by molar-refractivity contribution is -0.123. The van der Waals surface area contributed by atoms with Gasteiger partial charge in [0.05, 0.1) is 11.8 Å². The van der Waals surface area contributed by atoms with Crippen LogP contribution in [-0.4, -0.2) is 24.7 Å². The Kier molecular flexibility index (Phi) is 7.66. The number of hydrazone groups is 1. The van der Waals surface area contributed by atoms with E-state index in [2.05, 4.69) is 17.1 Å². The molecule has 0 heterocycles. The summed E-state index contributed by atoms with van der Waals surface area (Å²) < 4.78 is 11.3. The van der Waals surface area contributed by atoms with Crippen LogP contribution < -0.4 is 14.9 Å². The number of carbonyl (C=O) groups is 2. The molecular weight excluding hydrogens is 440 g/mol. The molecule has 0 saturated heterocycles. The number of para-hydroxylation sites is 1. The lowest BCUT2D eigenvalue weighted by atomic mass is 10.0. The summed E-state index contributed by atoms with van der Waals surface area (Å²) in [6, 6.07) is 27.5. The molecule has 0 aromatic heterocycles. The first-order valence-corrected chi connectivity index (χ1v) is 11.1. The summed E-state index contributed by atoms with van der Waals surface area (Å²) in [6.07, 6.45) is 3.89. The van der Waals surface area contributed by atoms with Crippen molar-refractivity contribution in [3.63, 3.8) is 0 Å². The Hall–Kier alpha value is -4.71. The van der Waals surface area contributed by atoms with Gasteiger partial charge in [-0.1, -0.05) is 72.8 Å². The average Bonchev–Trinajstić information content (AvgIpc) is 2.90. The molecule has 4 aromatic carbocycles. The van der Waals surface area contributed by atoms with Crippen molar-refractivity contribution in [2.45, 2.75) is 6.42 Å². The van der Waals surface area contributed by atoms with E-state index in [0.29, 0.717) is 29.0 Å². The van der Waals surface area contributed by atoms with Gasteiger partial charge in [-0.2, -0.15) is 5.10 Å². The molecule has 0 aliphatic heterocycles. The van der Waals surface area contributed by atoms with Crippen molar-refractivity contribution in [1.29, 1.82) is 0 Å². The van der Waals surface area contributed by atoms with Crippen molar-refractivity contribution >= 4 is 28.9 Å². The lowest BCUT2D eigenvalue weighted by Gasteiger charge is -2.11. The van der Waals surface area contributed by atoms with Crippen molar-refractivity contribution in [1.82, 2.24) is 5.43 Å². The van der Waals surface area contributed by atoms with Crippen LogP contribution in [0.3, 0.4) is 0 Å². The Morgan fingerprint density at radius 2 is 1.60 bits per heavy atom. The van der Waals surface area contributed by atoms with Gasteiger partial charge in [0.2, 0.25) is 0 Å². The van der Waals surface area contributed by atoms with Crippen LogP contribution in [0.4, 0.5) is 0 Å². The molecule has 0 atom stereocenters. The molecule has 6 nitrogen and oxygen atoms in total. The van der Waals surface area contributed by atoms with Gasteiger partial charge in [0.15, 0.2) is 6.61 Å². The molecule has 0 spiro atoms. The highest BCUT2D eigenvalue weighted by atomic mass is 16.5. The van der Waals surface area contributed by atoms with Crippen LogP contribution in [0.15, 0.2) is 109 Å². The summed E-state index contributed by atoms with van der Waals surface area (Å²) in [4.78, 5) is 25.0. The molecule has 4 aromatic rings. The molecule has 6 heteroatoms. The number of benzene rings is 4. The van der Waals surface area contributed by atoms with Gasteiger partial charge in [0.1, 0.15) is 11.5 Å². The Labute approximate surface area is 203 Å². The van der Waals surface area contributed by atoms with Gasteiger partial charge in [-0.3, -0.25) is 4.79 Å². The molecule has 174 valence electrons. The topological polar surface area (TPSA) is 77.0 Å². The van der Waals surface area contributed by atoms with Crippen molar-refractivity contribution in [3.05, 3.63) is 120 Å². The predicted octanol–water partition coefficient (Wildman–Crippen LogP) is 5.32. The van der Waals surface area contributed by atoms with Crippen LogP contribution in [0.1, 0.15) is 21.5 Å². The summed E-state index contributed by atoms with van der Waals surface area (Å²) in [5.74, 6) is 0.0599. The smallest absolute Gasteiger partial charge is 0.343 e. The highest BCUT2D eigenvalue weighted by Crippen LogP contribution is 2.27. The molecule has 0 saturated carbocycles. The van der Waals surface area contributed by atoms with Crippen LogP contribution in [0, 0.1) is 0 Å². The molecule has 1 amide bonds. The van der Waals surface area contributed by atoms with E-state index >= 15 is 0 Å². The molecule has 0 bridgehead atoms. The van der Waals surface area contributed by atoms with E-state index in [4.69, 9.17) is 9.47 Å². The zero-order valence-corrected chi connectivity index (χ0v) is 19.0. The molecule has 0 aliphatic carbocycles. The second-order valence-corrected chi connectivity index (χ2v) is 7.64. The number of fused-ring (bicyclic) bond motifs is 1. The minimum atomic E-state index is -0.480. The Morgan fingerprint density at radius 3 is 2.43 bits per heavy atom. The van der Waals surface area contributed by atoms with Crippen molar-refractivity contribution in [2.24, 2.45) is 5.10 Å². The number of nitrogens with one attached hydrogen (secondary N) is 1. The quantitative estimate of drug-likeness (QED) is 0.120. The predicted molar refractivity (Wildman–Crippen MR) is 137 cm³/mol. The summed E-state index contributed by atoms with van der Waals surface area (Å²) in [6.45, 7) is 3.54. The van der Waals surface area contributed by atoms with Crippen LogP contribution in [0.5, 0.6) is 11.5 Å². The average molecular weight is 465 g/mol. The fraction of sp³-hybridized carbons (Fsp3) is 0.0690. The maximum atomic E-state index is 12.6. The molecule has 0 radical (unpaired) electrons.